The topological polar surface area (TPSA) is 27.0 Å². The van der Waals surface area contributed by atoms with Crippen LogP contribution in [0, 0.1) is 17.8 Å². The van der Waals surface area contributed by atoms with Gasteiger partial charge in [0.2, 0.25) is 0 Å². The number of hydrogen-bond donors (Lipinski definition) is 0. The molecule has 1 rings (SSSR count). The lowest BCUT2D eigenvalue weighted by molar-refractivity contribution is 0.165. The largest absolute Gasteiger partial charge is 0.303 e. The van der Waals surface area contributed by atoms with Gasteiger partial charge in [-0.1, -0.05) is 71.6 Å². The van der Waals surface area contributed by atoms with E-state index >= 15 is 0 Å². The van der Waals surface area contributed by atoms with Crippen molar-refractivity contribution in [3.05, 3.63) is 0 Å². The first-order chi connectivity index (χ1) is 10.9. The third kappa shape index (κ3) is 12.0. The number of rotatable bonds is 12. The Morgan fingerprint density at radius 2 is 1.45 bits per heavy atom. The van der Waals surface area contributed by atoms with E-state index in [1.54, 1.807) is 0 Å². The minimum atomic E-state index is 1.01. The predicted octanol–water partition coefficient (Wildman–Crippen LogP) is 6.17. The summed E-state index contributed by atoms with van der Waals surface area (Å²) in [4.78, 5) is 2.74. The standard InChI is InChI=1S/C19H39N.CHN/c1-3-5-6-7-8-9-10-11-12-16-20-17-13-15-19(18-20)14-4-2;1-2/h19H,3-18H2,1-2H3;1H. The van der Waals surface area contributed by atoms with Crippen LogP contribution in [-0.4, -0.2) is 24.5 Å². The summed E-state index contributed by atoms with van der Waals surface area (Å²) in [5.41, 5.74) is 0. The molecule has 1 aliphatic heterocycles. The van der Waals surface area contributed by atoms with Crippen molar-refractivity contribution in [2.24, 2.45) is 5.92 Å². The fraction of sp³-hybridized carbons (Fsp3) is 0.950. The minimum absolute atomic E-state index is 1.01. The van der Waals surface area contributed by atoms with Gasteiger partial charge in [-0.05, 0) is 44.7 Å². The lowest BCUT2D eigenvalue weighted by Gasteiger charge is -2.32. The van der Waals surface area contributed by atoms with Gasteiger partial charge in [-0.3, -0.25) is 0 Å². The molecule has 0 saturated carbocycles. The maximum absolute atomic E-state index is 6.50. The summed E-state index contributed by atoms with van der Waals surface area (Å²) in [5.74, 6) is 1.01. The summed E-state index contributed by atoms with van der Waals surface area (Å²) in [6, 6.07) is 0. The van der Waals surface area contributed by atoms with Crippen LogP contribution in [0.15, 0.2) is 0 Å². The van der Waals surface area contributed by atoms with Gasteiger partial charge in [-0.15, -0.1) is 0 Å². The van der Waals surface area contributed by atoms with Crippen molar-refractivity contribution >= 4 is 0 Å². The Balaban J connectivity index is 0.00000211. The molecule has 0 N–H and O–H groups in total. The highest BCUT2D eigenvalue weighted by atomic mass is 15.1. The van der Waals surface area contributed by atoms with Crippen LogP contribution in [-0.2, 0) is 0 Å². The van der Waals surface area contributed by atoms with Crippen LogP contribution in [0.2, 0.25) is 0 Å². The molecule has 22 heavy (non-hydrogen) atoms. The SMILES string of the molecule is C#N.CCCCCCCCCCCN1CCCC(CCC)C1. The second kappa shape index (κ2) is 16.8. The molecule has 0 aromatic heterocycles. The van der Waals surface area contributed by atoms with E-state index in [1.165, 1.54) is 103 Å². The number of unbranched alkanes of at least 4 members (excludes halogenated alkanes) is 8. The van der Waals surface area contributed by atoms with Gasteiger partial charge < -0.3 is 4.90 Å². The van der Waals surface area contributed by atoms with E-state index in [9.17, 15) is 0 Å². The normalized spacial score (nSPS) is 18.6. The summed E-state index contributed by atoms with van der Waals surface area (Å²) in [6.07, 6.45) is 18.8. The molecule has 2 nitrogen and oxygen atoms in total. The fourth-order valence-corrected chi connectivity index (χ4v) is 3.64. The van der Waals surface area contributed by atoms with Crippen LogP contribution in [0.5, 0.6) is 0 Å². The number of nitrogens with zero attached hydrogens (tertiary/aromatic N) is 2. The van der Waals surface area contributed by atoms with E-state index < -0.39 is 0 Å². The van der Waals surface area contributed by atoms with E-state index in [-0.39, 0.29) is 0 Å². The minimum Gasteiger partial charge on any atom is -0.303 e. The molecular formula is C20H40N2. The Bertz CT molecular complexity index is 235. The molecule has 0 radical (unpaired) electrons. The Morgan fingerprint density at radius 1 is 0.864 bits per heavy atom. The van der Waals surface area contributed by atoms with Gasteiger partial charge in [-0.2, -0.15) is 0 Å². The molecule has 130 valence electrons. The quantitative estimate of drug-likeness (QED) is 0.403. The molecule has 1 atom stereocenters. The zero-order valence-corrected chi connectivity index (χ0v) is 15.4. The maximum atomic E-state index is 6.50. The molecule has 0 spiro atoms. The summed E-state index contributed by atoms with van der Waals surface area (Å²) >= 11 is 0. The van der Waals surface area contributed by atoms with Crippen molar-refractivity contribution in [2.75, 3.05) is 19.6 Å². The third-order valence-corrected chi connectivity index (χ3v) is 4.88. The van der Waals surface area contributed by atoms with E-state index in [4.69, 9.17) is 5.26 Å². The molecular weight excluding hydrogens is 268 g/mol. The zero-order valence-electron chi connectivity index (χ0n) is 15.4. The molecule has 0 bridgehead atoms. The fourth-order valence-electron chi connectivity index (χ4n) is 3.64. The Labute approximate surface area is 140 Å². The molecule has 0 aromatic rings. The van der Waals surface area contributed by atoms with E-state index in [2.05, 4.69) is 25.3 Å². The van der Waals surface area contributed by atoms with Gasteiger partial charge in [0.05, 0.1) is 0 Å². The van der Waals surface area contributed by atoms with Gasteiger partial charge in [0.25, 0.3) is 0 Å². The van der Waals surface area contributed by atoms with Crippen LogP contribution < -0.4 is 0 Å². The van der Waals surface area contributed by atoms with Crippen molar-refractivity contribution < 1.29 is 0 Å². The number of hydrogen-bond acceptors (Lipinski definition) is 2. The predicted molar refractivity (Wildman–Crippen MR) is 98.0 cm³/mol. The number of nitriles is 1. The van der Waals surface area contributed by atoms with Crippen LogP contribution in [0.4, 0.5) is 0 Å². The van der Waals surface area contributed by atoms with Crippen molar-refractivity contribution in [1.29, 1.82) is 5.26 Å². The van der Waals surface area contributed by atoms with Crippen LogP contribution in [0.3, 0.4) is 0 Å². The summed E-state index contributed by atoms with van der Waals surface area (Å²) in [6.45, 7) is 12.3. The molecule has 1 unspecified atom stereocenters. The van der Waals surface area contributed by atoms with Gasteiger partial charge in [0.15, 0.2) is 0 Å². The first-order valence-corrected chi connectivity index (χ1v) is 9.85. The van der Waals surface area contributed by atoms with Gasteiger partial charge in [0.1, 0.15) is 0 Å². The average Bonchev–Trinajstić information content (AvgIpc) is 2.56. The number of piperidine rings is 1. The van der Waals surface area contributed by atoms with E-state index in [0.717, 1.165) is 5.92 Å². The molecule has 1 heterocycles. The molecule has 2 heteroatoms. The summed E-state index contributed by atoms with van der Waals surface area (Å²) in [5, 5.41) is 6.50. The van der Waals surface area contributed by atoms with Crippen LogP contribution in [0.25, 0.3) is 0 Å². The summed E-state index contributed by atoms with van der Waals surface area (Å²) in [7, 11) is 0. The first-order valence-electron chi connectivity index (χ1n) is 9.85. The molecule has 1 fully saturated rings. The average molecular weight is 309 g/mol. The highest BCUT2D eigenvalue weighted by Crippen LogP contribution is 2.21. The highest BCUT2D eigenvalue weighted by molar-refractivity contribution is 4.72. The first kappa shape index (κ1) is 21.4. The van der Waals surface area contributed by atoms with Gasteiger partial charge >= 0.3 is 0 Å². The van der Waals surface area contributed by atoms with Crippen molar-refractivity contribution in [3.63, 3.8) is 0 Å². The molecule has 1 saturated heterocycles. The lowest BCUT2D eigenvalue weighted by Crippen LogP contribution is -2.35. The van der Waals surface area contributed by atoms with Crippen LogP contribution in [0.1, 0.15) is 97.3 Å². The highest BCUT2D eigenvalue weighted by Gasteiger charge is 2.18. The molecule has 1 aliphatic rings. The van der Waals surface area contributed by atoms with E-state index in [0.29, 0.717) is 0 Å². The molecule has 0 aliphatic carbocycles. The molecule has 0 amide bonds. The lowest BCUT2D eigenvalue weighted by atomic mass is 9.93. The summed E-state index contributed by atoms with van der Waals surface area (Å²) < 4.78 is 0. The smallest absolute Gasteiger partial charge is 0.0462 e. The monoisotopic (exact) mass is 308 g/mol. The van der Waals surface area contributed by atoms with Crippen molar-refractivity contribution in [2.45, 2.75) is 97.3 Å². The third-order valence-electron chi connectivity index (χ3n) is 4.88. The Kier molecular flexibility index (Phi) is 16.4. The maximum Gasteiger partial charge on any atom is 0.0462 e. The van der Waals surface area contributed by atoms with Gasteiger partial charge in [-0.25, -0.2) is 5.26 Å². The van der Waals surface area contributed by atoms with Crippen LogP contribution >= 0.6 is 0 Å². The molecule has 0 aromatic carbocycles. The van der Waals surface area contributed by atoms with Crippen molar-refractivity contribution in [3.8, 4) is 6.57 Å². The second-order valence-electron chi connectivity index (χ2n) is 6.93. The number of likely N-dealkylation sites (tertiary alicyclic amines) is 1. The second-order valence-corrected chi connectivity index (χ2v) is 6.93. The zero-order chi connectivity index (χ0) is 16.5. The van der Waals surface area contributed by atoms with Crippen molar-refractivity contribution in [1.82, 2.24) is 4.90 Å². The Morgan fingerprint density at radius 3 is 2.05 bits per heavy atom. The Hall–Kier alpha value is -0.550. The van der Waals surface area contributed by atoms with Gasteiger partial charge in [0, 0.05) is 13.1 Å². The van der Waals surface area contributed by atoms with E-state index in [1.807, 2.05) is 0 Å².